The Labute approximate surface area is 139 Å². The van der Waals surface area contributed by atoms with Crippen LogP contribution in [-0.2, 0) is 9.59 Å². The zero-order valence-corrected chi connectivity index (χ0v) is 12.8. The van der Waals surface area contributed by atoms with Gasteiger partial charge in [0, 0.05) is 12.2 Å². The molecule has 0 saturated carbocycles. The molecule has 0 aliphatic heterocycles. The molecule has 0 aliphatic rings. The SMILES string of the molecule is C=CC(=O)Oc1cc(-c2ccc(N)c(OC(=O)C=C)c2)ccc1N. The Bertz CT molecular complexity index is 758. The summed E-state index contributed by atoms with van der Waals surface area (Å²) in [5.74, 6) is -0.814. The Morgan fingerprint density at radius 1 is 0.792 bits per heavy atom. The van der Waals surface area contributed by atoms with Crippen molar-refractivity contribution in [1.29, 1.82) is 0 Å². The van der Waals surface area contributed by atoms with Crippen molar-refractivity contribution in [3.05, 3.63) is 61.7 Å². The van der Waals surface area contributed by atoms with E-state index in [0.717, 1.165) is 12.2 Å². The lowest BCUT2D eigenvalue weighted by Crippen LogP contribution is -2.06. The number of carbonyl (C=O) groups excluding carboxylic acids is 2. The van der Waals surface area contributed by atoms with E-state index >= 15 is 0 Å². The zero-order chi connectivity index (χ0) is 17.7. The van der Waals surface area contributed by atoms with Gasteiger partial charge in [0.15, 0.2) is 11.5 Å². The Hall–Kier alpha value is -3.54. The second-order valence-electron chi connectivity index (χ2n) is 4.76. The normalized spacial score (nSPS) is 9.83. The number of hydrogen-bond acceptors (Lipinski definition) is 6. The van der Waals surface area contributed by atoms with Crippen LogP contribution in [0, 0.1) is 0 Å². The molecule has 0 aromatic heterocycles. The van der Waals surface area contributed by atoms with E-state index in [9.17, 15) is 9.59 Å². The first-order valence-corrected chi connectivity index (χ1v) is 6.92. The number of ether oxygens (including phenoxy) is 2. The van der Waals surface area contributed by atoms with Gasteiger partial charge in [-0.2, -0.15) is 0 Å². The summed E-state index contributed by atoms with van der Waals surface area (Å²) in [6, 6.07) is 9.89. The van der Waals surface area contributed by atoms with Crippen LogP contribution in [0.15, 0.2) is 61.7 Å². The summed E-state index contributed by atoms with van der Waals surface area (Å²) in [5.41, 5.74) is 13.6. The lowest BCUT2D eigenvalue weighted by molar-refractivity contribution is -0.129. The van der Waals surface area contributed by atoms with E-state index < -0.39 is 11.9 Å². The van der Waals surface area contributed by atoms with Crippen LogP contribution in [0.4, 0.5) is 11.4 Å². The van der Waals surface area contributed by atoms with Crippen molar-refractivity contribution in [2.24, 2.45) is 0 Å². The quantitative estimate of drug-likeness (QED) is 0.379. The number of anilines is 2. The maximum atomic E-state index is 11.4. The molecular formula is C18H16N2O4. The first-order valence-electron chi connectivity index (χ1n) is 6.92. The Morgan fingerprint density at radius 2 is 1.17 bits per heavy atom. The van der Waals surface area contributed by atoms with E-state index in [0.29, 0.717) is 22.5 Å². The third kappa shape index (κ3) is 3.80. The summed E-state index contributed by atoms with van der Waals surface area (Å²) in [6.45, 7) is 6.68. The number of hydrogen-bond donors (Lipinski definition) is 2. The van der Waals surface area contributed by atoms with Crippen LogP contribution in [0.5, 0.6) is 11.5 Å². The van der Waals surface area contributed by atoms with Crippen LogP contribution < -0.4 is 20.9 Å². The number of nitrogen functional groups attached to an aromatic ring is 2. The molecule has 0 aliphatic carbocycles. The molecular weight excluding hydrogens is 308 g/mol. The van der Waals surface area contributed by atoms with Crippen LogP contribution in [0.3, 0.4) is 0 Å². The highest BCUT2D eigenvalue weighted by molar-refractivity contribution is 5.86. The van der Waals surface area contributed by atoms with Gasteiger partial charge >= 0.3 is 11.9 Å². The molecule has 0 unspecified atom stereocenters. The van der Waals surface area contributed by atoms with E-state index in [1.165, 1.54) is 0 Å². The van der Waals surface area contributed by atoms with Gasteiger partial charge in [-0.05, 0) is 35.4 Å². The predicted molar refractivity (Wildman–Crippen MR) is 92.4 cm³/mol. The maximum absolute atomic E-state index is 11.4. The number of rotatable bonds is 5. The fourth-order valence-electron chi connectivity index (χ4n) is 1.90. The minimum absolute atomic E-state index is 0.207. The van der Waals surface area contributed by atoms with Crippen LogP contribution in [0.2, 0.25) is 0 Å². The zero-order valence-electron chi connectivity index (χ0n) is 12.8. The molecule has 0 spiro atoms. The number of carbonyl (C=O) groups is 2. The third-order valence-electron chi connectivity index (χ3n) is 3.11. The monoisotopic (exact) mass is 324 g/mol. The van der Waals surface area contributed by atoms with Gasteiger partial charge in [-0.3, -0.25) is 0 Å². The van der Waals surface area contributed by atoms with E-state index in [4.69, 9.17) is 20.9 Å². The minimum atomic E-state index is -0.614. The second kappa shape index (κ2) is 7.15. The predicted octanol–water partition coefficient (Wildman–Crippen LogP) is 2.70. The summed E-state index contributed by atoms with van der Waals surface area (Å²) in [7, 11) is 0. The summed E-state index contributed by atoms with van der Waals surface area (Å²) in [5, 5.41) is 0. The van der Waals surface area contributed by atoms with Gasteiger partial charge in [0.05, 0.1) is 11.4 Å². The first kappa shape index (κ1) is 16.8. The van der Waals surface area contributed by atoms with E-state index in [1.54, 1.807) is 36.4 Å². The van der Waals surface area contributed by atoms with Crippen molar-refractivity contribution < 1.29 is 19.1 Å². The molecule has 2 rings (SSSR count). The molecule has 2 aromatic carbocycles. The fourth-order valence-corrected chi connectivity index (χ4v) is 1.90. The molecule has 122 valence electrons. The van der Waals surface area contributed by atoms with Gasteiger partial charge < -0.3 is 20.9 Å². The first-order chi connectivity index (χ1) is 11.4. The highest BCUT2D eigenvalue weighted by Gasteiger charge is 2.10. The van der Waals surface area contributed by atoms with Gasteiger partial charge in [0.25, 0.3) is 0 Å². The summed E-state index contributed by atoms with van der Waals surface area (Å²) in [6.07, 6.45) is 2.09. The molecule has 0 radical (unpaired) electrons. The lowest BCUT2D eigenvalue weighted by atomic mass is 10.0. The Morgan fingerprint density at radius 3 is 1.50 bits per heavy atom. The van der Waals surface area contributed by atoms with Gasteiger partial charge in [0.1, 0.15) is 0 Å². The highest BCUT2D eigenvalue weighted by atomic mass is 16.5. The van der Waals surface area contributed by atoms with Crippen LogP contribution in [0.25, 0.3) is 11.1 Å². The van der Waals surface area contributed by atoms with E-state index in [2.05, 4.69) is 13.2 Å². The fraction of sp³-hybridized carbons (Fsp3) is 0. The Kier molecular flexibility index (Phi) is 5.01. The van der Waals surface area contributed by atoms with Crippen LogP contribution >= 0.6 is 0 Å². The van der Waals surface area contributed by atoms with Gasteiger partial charge in [-0.1, -0.05) is 25.3 Å². The third-order valence-corrected chi connectivity index (χ3v) is 3.11. The average molecular weight is 324 g/mol. The number of benzene rings is 2. The van der Waals surface area contributed by atoms with Gasteiger partial charge in [-0.15, -0.1) is 0 Å². The van der Waals surface area contributed by atoms with Gasteiger partial charge in [-0.25, -0.2) is 9.59 Å². The molecule has 0 amide bonds. The maximum Gasteiger partial charge on any atom is 0.335 e. The smallest absolute Gasteiger partial charge is 0.335 e. The molecule has 6 heteroatoms. The number of esters is 2. The Balaban J connectivity index is 2.41. The molecule has 0 bridgehead atoms. The summed E-state index contributed by atoms with van der Waals surface area (Å²) >= 11 is 0. The second-order valence-corrected chi connectivity index (χ2v) is 4.76. The molecule has 0 fully saturated rings. The largest absolute Gasteiger partial charge is 0.421 e. The lowest BCUT2D eigenvalue weighted by Gasteiger charge is -2.11. The number of nitrogens with two attached hydrogens (primary N) is 2. The van der Waals surface area contributed by atoms with Crippen LogP contribution in [0.1, 0.15) is 0 Å². The molecule has 4 N–H and O–H groups in total. The van der Waals surface area contributed by atoms with Crippen LogP contribution in [-0.4, -0.2) is 11.9 Å². The van der Waals surface area contributed by atoms with E-state index in [1.807, 2.05) is 0 Å². The molecule has 24 heavy (non-hydrogen) atoms. The topological polar surface area (TPSA) is 105 Å². The van der Waals surface area contributed by atoms with Crippen molar-refractivity contribution in [1.82, 2.24) is 0 Å². The van der Waals surface area contributed by atoms with Crippen molar-refractivity contribution >= 4 is 23.3 Å². The minimum Gasteiger partial charge on any atom is -0.421 e. The van der Waals surface area contributed by atoms with Crippen molar-refractivity contribution in [2.75, 3.05) is 11.5 Å². The molecule has 0 atom stereocenters. The van der Waals surface area contributed by atoms with Crippen molar-refractivity contribution in [3.8, 4) is 22.6 Å². The summed E-state index contributed by atoms with van der Waals surface area (Å²) in [4.78, 5) is 22.7. The van der Waals surface area contributed by atoms with Crippen molar-refractivity contribution in [2.45, 2.75) is 0 Å². The van der Waals surface area contributed by atoms with Crippen molar-refractivity contribution in [3.63, 3.8) is 0 Å². The highest BCUT2D eigenvalue weighted by Crippen LogP contribution is 2.33. The summed E-state index contributed by atoms with van der Waals surface area (Å²) < 4.78 is 10.2. The standard InChI is InChI=1S/C18H16N2O4/c1-3-17(21)23-15-9-11(5-7-13(15)19)12-6-8-14(20)16(10-12)24-18(22)4-2/h3-10H,1-2,19-20H2. The molecule has 6 nitrogen and oxygen atoms in total. The van der Waals surface area contributed by atoms with Gasteiger partial charge in [0.2, 0.25) is 0 Å². The average Bonchev–Trinajstić information content (AvgIpc) is 2.58. The molecule has 0 saturated heterocycles. The molecule has 2 aromatic rings. The van der Waals surface area contributed by atoms with E-state index in [-0.39, 0.29) is 11.5 Å². The molecule has 0 heterocycles.